The van der Waals surface area contributed by atoms with E-state index >= 15 is 4.39 Å². The fourth-order valence-electron chi connectivity index (χ4n) is 5.59. The smallest absolute Gasteiger partial charge is 0.387 e. The molecule has 2 unspecified atom stereocenters. The third-order valence-electron chi connectivity index (χ3n) is 7.53. The summed E-state index contributed by atoms with van der Waals surface area (Å²) in [5, 5.41) is 11.2. The van der Waals surface area contributed by atoms with E-state index in [2.05, 4.69) is 24.9 Å². The van der Waals surface area contributed by atoms with Crippen molar-refractivity contribution >= 4 is 70.5 Å². The zero-order valence-electron chi connectivity index (χ0n) is 21.7. The topological polar surface area (TPSA) is 241 Å². The van der Waals surface area contributed by atoms with Crippen molar-refractivity contribution in [3.05, 3.63) is 31.2 Å². The van der Waals surface area contributed by atoms with Gasteiger partial charge >= 0.3 is 13.5 Å². The van der Waals surface area contributed by atoms with Crippen molar-refractivity contribution in [2.45, 2.75) is 55.4 Å². The third-order valence-corrected chi connectivity index (χ3v) is 12.1. The predicted octanol–water partition coefficient (Wildman–Crippen LogP) is 1.20. The summed E-state index contributed by atoms with van der Waals surface area (Å²) in [4.78, 5) is 42.6. The number of fused-ring (bicyclic) bond motifs is 5. The highest BCUT2D eigenvalue weighted by molar-refractivity contribution is 8.54. The number of nitrogens with two attached hydrogens (primary N) is 2. The molecule has 0 spiro atoms. The van der Waals surface area contributed by atoms with Crippen LogP contribution in [0.3, 0.4) is 0 Å². The van der Waals surface area contributed by atoms with Gasteiger partial charge in [-0.2, -0.15) is 0 Å². The Morgan fingerprint density at radius 3 is 2.56 bits per heavy atom. The maximum absolute atomic E-state index is 16.1. The largest absolute Gasteiger partial charge is 0.397 e. The van der Waals surface area contributed by atoms with E-state index in [9.17, 15) is 19.5 Å². The molecular formula is C21H24FN9O8P2S2. The van der Waals surface area contributed by atoms with Gasteiger partial charge in [-0.25, -0.2) is 33.9 Å². The first-order valence-electron chi connectivity index (χ1n) is 12.8. The van der Waals surface area contributed by atoms with Crippen LogP contribution in [0.4, 0.5) is 15.9 Å². The SMILES string of the molecule is Nc1ccnc2c1ncn2[C@@H]1C[C@@H]2OP(O)(=S)O[C@H]3[C@@H](F)[C@H](n4cnc5c(N)ncnc54)O[C@@H]3CSP(=O)(O)O[C@@H]1[C@@H]2O. The first-order valence-corrected chi connectivity index (χ1v) is 18.5. The summed E-state index contributed by atoms with van der Waals surface area (Å²) in [6, 6.07) is 0.727. The highest BCUT2D eigenvalue weighted by Crippen LogP contribution is 2.62. The zero-order chi connectivity index (χ0) is 30.3. The van der Waals surface area contributed by atoms with E-state index < -0.39 is 62.5 Å². The van der Waals surface area contributed by atoms with Gasteiger partial charge in [-0.05, 0) is 29.3 Å². The number of pyridine rings is 1. The van der Waals surface area contributed by atoms with Crippen LogP contribution in [0.5, 0.6) is 0 Å². The molecule has 3 fully saturated rings. The van der Waals surface area contributed by atoms with E-state index in [1.807, 2.05) is 0 Å². The van der Waals surface area contributed by atoms with Crippen molar-refractivity contribution in [2.24, 2.45) is 0 Å². The summed E-state index contributed by atoms with van der Waals surface area (Å²) in [5.74, 6) is -0.250. The number of anilines is 2. The van der Waals surface area contributed by atoms with Crippen molar-refractivity contribution in [1.29, 1.82) is 0 Å². The minimum atomic E-state index is -4.53. The molecule has 1 aliphatic carbocycles. The molecule has 2 bridgehead atoms. The molecule has 0 radical (unpaired) electrons. The summed E-state index contributed by atoms with van der Waals surface area (Å²) in [5.41, 5.74) is 13.3. The normalized spacial score (nSPS) is 38.6. The Morgan fingerprint density at radius 1 is 1.00 bits per heavy atom. The van der Waals surface area contributed by atoms with Crippen LogP contribution in [0, 0.1) is 0 Å². The molecule has 1 saturated carbocycles. The minimum Gasteiger partial charge on any atom is -0.397 e. The fraction of sp³-hybridized carbons (Fsp3) is 0.476. The molecule has 4 aromatic heterocycles. The number of aliphatic hydroxyl groups excluding tert-OH is 1. The van der Waals surface area contributed by atoms with Gasteiger partial charge in [0, 0.05) is 18.4 Å². The average molecular weight is 676 g/mol. The molecule has 6 heterocycles. The number of hydrogen-bond donors (Lipinski definition) is 5. The second-order valence-electron chi connectivity index (χ2n) is 10.1. The van der Waals surface area contributed by atoms with Crippen molar-refractivity contribution in [3.63, 3.8) is 0 Å². The minimum absolute atomic E-state index is 0.0603. The number of alkyl halides is 1. The molecule has 7 N–H and O–H groups in total. The van der Waals surface area contributed by atoms with Crippen LogP contribution in [-0.4, -0.2) is 91.4 Å². The standard InChI is InChI=1S/C21H24FN9O8P2S2/c22-12-17-11(36-21(12)31-7-29-14-18(24)26-5-27-20(14)31)4-43-40(33,34)38-16-9(3-10(15(16)32)37-41(35,42)39-17)30-6-28-13-8(23)1-2-25-19(13)30/h1-2,5-7,9-12,15-17,21,32H,3-4H2,(H2,23,25)(H,33,34)(H,35,42)(H2,24,26,27)/t9-,10+,11-,12-,15-,16+,17-,21-,41?/m1/s1. The highest BCUT2D eigenvalue weighted by Gasteiger charge is 2.54. The van der Waals surface area contributed by atoms with E-state index in [1.54, 1.807) is 10.6 Å². The molecule has 3 aliphatic rings. The quantitative estimate of drug-likeness (QED) is 0.187. The Kier molecular flexibility index (Phi) is 7.26. The molecule has 22 heteroatoms. The van der Waals surface area contributed by atoms with Gasteiger partial charge in [-0.15, -0.1) is 0 Å². The number of ether oxygens (including phenoxy) is 1. The van der Waals surface area contributed by atoms with E-state index in [0.29, 0.717) is 28.2 Å². The lowest BCUT2D eigenvalue weighted by Gasteiger charge is -2.30. The number of rotatable bonds is 2. The van der Waals surface area contributed by atoms with Crippen LogP contribution in [0.2, 0.25) is 0 Å². The predicted molar refractivity (Wildman–Crippen MR) is 154 cm³/mol. The van der Waals surface area contributed by atoms with E-state index in [4.69, 9.17) is 41.6 Å². The molecule has 4 aromatic rings. The molecule has 0 amide bonds. The fourth-order valence-corrected chi connectivity index (χ4v) is 10.1. The molecule has 2 saturated heterocycles. The maximum atomic E-state index is 16.1. The van der Waals surface area contributed by atoms with Gasteiger partial charge in [0.15, 0.2) is 29.5 Å². The van der Waals surface area contributed by atoms with E-state index in [0.717, 1.165) is 0 Å². The van der Waals surface area contributed by atoms with Crippen LogP contribution in [0.25, 0.3) is 22.3 Å². The monoisotopic (exact) mass is 675 g/mol. The zero-order valence-corrected chi connectivity index (χ0v) is 25.1. The molecule has 230 valence electrons. The lowest BCUT2D eigenvalue weighted by atomic mass is 10.2. The van der Waals surface area contributed by atoms with Crippen LogP contribution in [-0.2, 0) is 34.7 Å². The Morgan fingerprint density at radius 2 is 1.74 bits per heavy atom. The number of imidazole rings is 2. The summed E-state index contributed by atoms with van der Waals surface area (Å²) >= 11 is 5.71. The summed E-state index contributed by atoms with van der Waals surface area (Å²) in [6.45, 7) is -8.78. The summed E-state index contributed by atoms with van der Waals surface area (Å²) < 4.78 is 55.2. The second-order valence-corrected chi connectivity index (χ2v) is 16.8. The van der Waals surface area contributed by atoms with Gasteiger partial charge in [0.2, 0.25) is 0 Å². The van der Waals surface area contributed by atoms with Crippen LogP contribution in [0.1, 0.15) is 18.7 Å². The van der Waals surface area contributed by atoms with E-state index in [1.165, 1.54) is 29.7 Å². The van der Waals surface area contributed by atoms with Crippen molar-refractivity contribution in [1.82, 2.24) is 34.1 Å². The lowest BCUT2D eigenvalue weighted by molar-refractivity contribution is -0.0231. The van der Waals surface area contributed by atoms with Crippen molar-refractivity contribution in [2.75, 3.05) is 17.2 Å². The first-order chi connectivity index (χ1) is 20.4. The Hall–Kier alpha value is -2.35. The second kappa shape index (κ2) is 10.6. The Labute approximate surface area is 250 Å². The third kappa shape index (κ3) is 5.13. The van der Waals surface area contributed by atoms with Gasteiger partial charge in [0.1, 0.15) is 35.7 Å². The maximum Gasteiger partial charge on any atom is 0.387 e. The molecule has 43 heavy (non-hydrogen) atoms. The number of nitrogen functional groups attached to an aromatic ring is 2. The van der Waals surface area contributed by atoms with Gasteiger partial charge in [-0.1, -0.05) is 0 Å². The number of nitrogens with zero attached hydrogens (tertiary/aromatic N) is 7. The average Bonchev–Trinajstić information content (AvgIpc) is 3.70. The number of aliphatic hydroxyl groups is 1. The van der Waals surface area contributed by atoms with Gasteiger partial charge < -0.3 is 40.2 Å². The van der Waals surface area contributed by atoms with Gasteiger partial charge in [-0.3, -0.25) is 13.6 Å². The molecule has 17 nitrogen and oxygen atoms in total. The number of halogens is 1. The van der Waals surface area contributed by atoms with Gasteiger partial charge in [0.25, 0.3) is 0 Å². The van der Waals surface area contributed by atoms with Crippen LogP contribution < -0.4 is 11.5 Å². The Bertz CT molecular complexity index is 1820. The van der Waals surface area contributed by atoms with Crippen LogP contribution in [0.15, 0.2) is 31.2 Å². The molecule has 2 aliphatic heterocycles. The summed E-state index contributed by atoms with van der Waals surface area (Å²) in [7, 11) is 0. The number of hydrogen-bond acceptors (Lipinski definition) is 15. The van der Waals surface area contributed by atoms with Crippen LogP contribution >= 0.6 is 24.9 Å². The number of aromatic nitrogens is 7. The summed E-state index contributed by atoms with van der Waals surface area (Å²) in [6.07, 6.45) is -4.94. The highest BCUT2D eigenvalue weighted by atomic mass is 32.7. The van der Waals surface area contributed by atoms with Gasteiger partial charge in [0.05, 0.1) is 36.6 Å². The van der Waals surface area contributed by atoms with Crippen molar-refractivity contribution in [3.8, 4) is 0 Å². The molecular weight excluding hydrogens is 651 g/mol. The van der Waals surface area contributed by atoms with E-state index in [-0.39, 0.29) is 29.2 Å². The first kappa shape index (κ1) is 29.4. The lowest BCUT2D eigenvalue weighted by Crippen LogP contribution is -2.36. The van der Waals surface area contributed by atoms with Crippen molar-refractivity contribution < 1.29 is 42.2 Å². The Balaban J connectivity index is 1.21. The molecule has 0 aromatic carbocycles. The molecule has 7 rings (SSSR count). The molecule has 10 atom stereocenters.